The fraction of sp³-hybridized carbons (Fsp3) is 0.265. The first-order chi connectivity index (χ1) is 24.8. The molecule has 0 bridgehead atoms. The summed E-state index contributed by atoms with van der Waals surface area (Å²) in [6.45, 7) is 30.4. The highest BCUT2D eigenvalue weighted by Gasteiger charge is 2.46. The summed E-state index contributed by atoms with van der Waals surface area (Å²) >= 11 is 0. The van der Waals surface area contributed by atoms with Crippen LogP contribution in [0.25, 0.3) is 44.1 Å². The lowest BCUT2D eigenvalue weighted by Gasteiger charge is -2.44. The molecule has 0 amide bonds. The zero-order chi connectivity index (χ0) is 36.8. The number of para-hydroxylation sites is 1. The van der Waals surface area contributed by atoms with Crippen molar-refractivity contribution in [2.75, 3.05) is 4.90 Å². The van der Waals surface area contributed by atoms with Crippen LogP contribution in [0.3, 0.4) is 0 Å². The third kappa shape index (κ3) is 3.92. The SMILES string of the molecule is Cc1ccccc1-c1cc2c3c(c1)N(c1c(C)c(C)c(C)c(C)c1C)c1c(C)c(C)c(C)c(C)c1B3n1c3ccccc3c3c(C)c(C)c(C)c-2c31. The molecule has 0 radical (unpaired) electrons. The maximum absolute atomic E-state index is 2.75. The summed E-state index contributed by atoms with van der Waals surface area (Å²) in [4.78, 5) is 2.72. The molecule has 52 heavy (non-hydrogen) atoms. The quantitative estimate of drug-likeness (QED) is 0.166. The summed E-state index contributed by atoms with van der Waals surface area (Å²) in [6.07, 6.45) is 0. The van der Waals surface area contributed by atoms with E-state index in [0.717, 1.165) is 0 Å². The van der Waals surface area contributed by atoms with E-state index in [-0.39, 0.29) is 6.85 Å². The predicted molar refractivity (Wildman–Crippen MR) is 227 cm³/mol. The Hall–Kier alpha value is -5.02. The minimum Gasteiger partial charge on any atom is -0.375 e. The average molecular weight is 677 g/mol. The van der Waals surface area contributed by atoms with Crippen LogP contribution >= 0.6 is 0 Å². The number of aryl methyl sites for hydroxylation is 2. The molecule has 0 saturated heterocycles. The van der Waals surface area contributed by atoms with Crippen LogP contribution in [0.5, 0.6) is 0 Å². The smallest absolute Gasteiger partial charge is 0.333 e. The minimum atomic E-state index is 0.0323. The zero-order valence-corrected chi connectivity index (χ0v) is 33.2. The molecule has 258 valence electrons. The van der Waals surface area contributed by atoms with Gasteiger partial charge in [0.15, 0.2) is 0 Å². The fourth-order valence-electron chi connectivity index (χ4n) is 10.2. The second-order valence-corrected chi connectivity index (χ2v) is 16.1. The van der Waals surface area contributed by atoms with E-state index in [1.807, 2.05) is 0 Å². The molecule has 2 aliphatic heterocycles. The maximum Gasteiger partial charge on any atom is 0.333 e. The molecule has 0 N–H and O–H groups in total. The van der Waals surface area contributed by atoms with E-state index >= 15 is 0 Å². The van der Waals surface area contributed by atoms with E-state index in [0.29, 0.717) is 0 Å². The molecule has 0 saturated carbocycles. The molecule has 0 aliphatic carbocycles. The van der Waals surface area contributed by atoms with Gasteiger partial charge in [-0.3, -0.25) is 0 Å². The first kappa shape index (κ1) is 32.9. The molecule has 0 spiro atoms. The number of hydrogen-bond donors (Lipinski definition) is 0. The first-order valence-electron chi connectivity index (χ1n) is 19.0. The lowest BCUT2D eigenvalue weighted by Crippen LogP contribution is -2.58. The first-order valence-corrected chi connectivity index (χ1v) is 19.0. The molecule has 3 heterocycles. The van der Waals surface area contributed by atoms with Gasteiger partial charge in [-0.15, -0.1) is 0 Å². The number of nitrogens with zero attached hydrogens (tertiary/aromatic N) is 2. The molecule has 0 fully saturated rings. The largest absolute Gasteiger partial charge is 0.375 e. The third-order valence-corrected chi connectivity index (χ3v) is 14.1. The molecule has 2 nitrogen and oxygen atoms in total. The summed E-state index contributed by atoms with van der Waals surface area (Å²) in [5, 5.41) is 2.76. The van der Waals surface area contributed by atoms with Gasteiger partial charge < -0.3 is 9.38 Å². The summed E-state index contributed by atoms with van der Waals surface area (Å²) < 4.78 is 2.75. The number of hydrogen-bond acceptors (Lipinski definition) is 1. The molecule has 2 aliphatic rings. The Morgan fingerprint density at radius 3 is 1.69 bits per heavy atom. The lowest BCUT2D eigenvalue weighted by atomic mass is 9.43. The molecule has 7 aromatic rings. The van der Waals surface area contributed by atoms with Crippen molar-refractivity contribution in [3.8, 4) is 22.3 Å². The molecule has 6 aromatic carbocycles. The van der Waals surface area contributed by atoms with Crippen molar-refractivity contribution < 1.29 is 0 Å². The van der Waals surface area contributed by atoms with E-state index in [1.54, 1.807) is 0 Å². The van der Waals surface area contributed by atoms with Crippen molar-refractivity contribution in [3.63, 3.8) is 0 Å². The van der Waals surface area contributed by atoms with Gasteiger partial charge >= 0.3 is 6.85 Å². The van der Waals surface area contributed by atoms with Crippen LogP contribution in [-0.2, 0) is 0 Å². The van der Waals surface area contributed by atoms with Gasteiger partial charge in [0.1, 0.15) is 0 Å². The normalized spacial score (nSPS) is 13.0. The van der Waals surface area contributed by atoms with Gasteiger partial charge in [0.2, 0.25) is 0 Å². The summed E-state index contributed by atoms with van der Waals surface area (Å²) in [5.74, 6) is 0. The second-order valence-electron chi connectivity index (χ2n) is 16.1. The lowest BCUT2D eigenvalue weighted by molar-refractivity contribution is 1.11. The number of benzene rings is 6. The van der Waals surface area contributed by atoms with Crippen LogP contribution in [0.1, 0.15) is 72.3 Å². The topological polar surface area (TPSA) is 8.17 Å². The van der Waals surface area contributed by atoms with Crippen molar-refractivity contribution in [1.82, 2.24) is 4.48 Å². The Labute approximate surface area is 310 Å². The Bertz CT molecular complexity index is 2740. The number of rotatable bonds is 2. The number of anilines is 3. The van der Waals surface area contributed by atoms with Crippen LogP contribution < -0.4 is 15.8 Å². The Kier molecular flexibility index (Phi) is 6.95. The van der Waals surface area contributed by atoms with Crippen molar-refractivity contribution >= 4 is 56.6 Å². The predicted octanol–water partition coefficient (Wildman–Crippen LogP) is 11.9. The van der Waals surface area contributed by atoms with Gasteiger partial charge in [-0.1, -0.05) is 42.5 Å². The Morgan fingerprint density at radius 1 is 0.462 bits per heavy atom. The molecule has 0 atom stereocenters. The van der Waals surface area contributed by atoms with E-state index < -0.39 is 0 Å². The van der Waals surface area contributed by atoms with Gasteiger partial charge in [-0.25, -0.2) is 0 Å². The molecular weight excluding hydrogens is 627 g/mol. The summed E-state index contributed by atoms with van der Waals surface area (Å²) in [6, 6.07) is 23.2. The third-order valence-electron chi connectivity index (χ3n) is 14.1. The number of aromatic nitrogens is 1. The van der Waals surface area contributed by atoms with E-state index in [4.69, 9.17) is 0 Å². The molecule has 0 unspecified atom stereocenters. The van der Waals surface area contributed by atoms with Gasteiger partial charge in [0.25, 0.3) is 0 Å². The van der Waals surface area contributed by atoms with Crippen LogP contribution in [0.4, 0.5) is 17.1 Å². The fourth-order valence-corrected chi connectivity index (χ4v) is 10.2. The van der Waals surface area contributed by atoms with Crippen LogP contribution in [0.15, 0.2) is 60.7 Å². The van der Waals surface area contributed by atoms with Crippen LogP contribution in [0, 0.1) is 90.0 Å². The summed E-state index contributed by atoms with van der Waals surface area (Å²) in [7, 11) is 0. The van der Waals surface area contributed by atoms with Crippen molar-refractivity contribution in [2.45, 2.75) is 90.0 Å². The van der Waals surface area contributed by atoms with E-state index in [1.165, 1.54) is 144 Å². The number of fused-ring (bicyclic) bond motifs is 7. The minimum absolute atomic E-state index is 0.0323. The van der Waals surface area contributed by atoms with Crippen molar-refractivity contribution in [2.24, 2.45) is 0 Å². The summed E-state index contributed by atoms with van der Waals surface area (Å²) in [5.41, 5.74) is 32.8. The molecule has 9 rings (SSSR count). The highest BCUT2D eigenvalue weighted by atomic mass is 15.2. The van der Waals surface area contributed by atoms with Crippen molar-refractivity contribution in [1.29, 1.82) is 0 Å². The highest BCUT2D eigenvalue weighted by molar-refractivity contribution is 6.90. The Morgan fingerprint density at radius 2 is 1.02 bits per heavy atom. The average Bonchev–Trinajstić information content (AvgIpc) is 3.48. The van der Waals surface area contributed by atoms with Gasteiger partial charge in [0, 0.05) is 38.7 Å². The monoisotopic (exact) mass is 676 g/mol. The van der Waals surface area contributed by atoms with Gasteiger partial charge in [0.05, 0.1) is 5.69 Å². The van der Waals surface area contributed by atoms with Gasteiger partial charge in [-0.2, -0.15) is 0 Å². The molecule has 3 heteroatoms. The van der Waals surface area contributed by atoms with E-state index in [2.05, 4.69) is 160 Å². The van der Waals surface area contributed by atoms with Gasteiger partial charge in [-0.05, 0) is 208 Å². The van der Waals surface area contributed by atoms with Crippen LogP contribution in [-0.4, -0.2) is 11.3 Å². The van der Waals surface area contributed by atoms with Crippen molar-refractivity contribution in [3.05, 3.63) is 133 Å². The molecular formula is C49H49BN2. The molecule has 1 aromatic heterocycles. The second kappa shape index (κ2) is 11.0. The maximum atomic E-state index is 2.75. The van der Waals surface area contributed by atoms with E-state index in [9.17, 15) is 0 Å². The standard InChI is InChI=1S/C49H49BN2/c1-24-18-14-15-19-38(24)37-22-40-44-32(9)30(7)31(8)43-39-20-16-17-21-41(39)52(49(43)44)50-45-33(10)26(3)29(6)36(13)48(45)51(42(23-37)46(40)50)47-34(11)27(4)25(2)28(5)35(47)12/h14-23H,1-13H3. The Balaban J connectivity index is 1.59. The van der Waals surface area contributed by atoms with Crippen LogP contribution in [0.2, 0.25) is 0 Å². The zero-order valence-electron chi connectivity index (χ0n) is 33.2. The highest BCUT2D eigenvalue weighted by Crippen LogP contribution is 2.52.